The van der Waals surface area contributed by atoms with Crippen molar-refractivity contribution in [3.05, 3.63) is 29.3 Å². The van der Waals surface area contributed by atoms with E-state index in [0.29, 0.717) is 5.56 Å². The van der Waals surface area contributed by atoms with Gasteiger partial charge in [0.2, 0.25) is 0 Å². The third-order valence-electron chi connectivity index (χ3n) is 2.69. The highest BCUT2D eigenvalue weighted by Crippen LogP contribution is 2.26. The fourth-order valence-corrected chi connectivity index (χ4v) is 3.01. The van der Waals surface area contributed by atoms with Gasteiger partial charge in [0.25, 0.3) is 0 Å². The van der Waals surface area contributed by atoms with Crippen LogP contribution in [0.5, 0.6) is 0 Å². The molecule has 18 heavy (non-hydrogen) atoms. The number of benzene rings is 1. The number of carboxylic acids is 1. The van der Waals surface area contributed by atoms with E-state index in [1.54, 1.807) is 19.1 Å². The first-order valence-electron chi connectivity index (χ1n) is 5.60. The van der Waals surface area contributed by atoms with Crippen molar-refractivity contribution in [3.63, 3.8) is 0 Å². The number of sulfone groups is 1. The third kappa shape index (κ3) is 3.32. The maximum Gasteiger partial charge on any atom is 0.319 e. The molecule has 0 spiro atoms. The van der Waals surface area contributed by atoms with Gasteiger partial charge >= 0.3 is 5.97 Å². The molecule has 1 aromatic carbocycles. The van der Waals surface area contributed by atoms with Gasteiger partial charge in [-0.2, -0.15) is 0 Å². The summed E-state index contributed by atoms with van der Waals surface area (Å²) in [6, 6.07) is 5.03. The smallest absolute Gasteiger partial charge is 0.319 e. The Morgan fingerprint density at radius 3 is 2.22 bits per heavy atom. The van der Waals surface area contributed by atoms with E-state index in [1.165, 1.54) is 6.07 Å². The van der Waals surface area contributed by atoms with Gasteiger partial charge in [0, 0.05) is 0 Å². The Balaban J connectivity index is 3.26. The monoisotopic (exact) mass is 270 g/mol. The van der Waals surface area contributed by atoms with E-state index in [0.717, 1.165) is 5.56 Å². The van der Waals surface area contributed by atoms with Crippen molar-refractivity contribution in [2.24, 2.45) is 0 Å². The van der Waals surface area contributed by atoms with Crippen LogP contribution in [0, 0.1) is 6.92 Å². The number of hydrogen-bond donors (Lipinski definition) is 1. The van der Waals surface area contributed by atoms with Crippen LogP contribution in [-0.2, 0) is 20.0 Å². The molecule has 0 heterocycles. The summed E-state index contributed by atoms with van der Waals surface area (Å²) in [5.41, 5.74) is 1.54. The second-order valence-corrected chi connectivity index (χ2v) is 7.34. The van der Waals surface area contributed by atoms with E-state index < -0.39 is 21.6 Å². The van der Waals surface area contributed by atoms with E-state index in [1.807, 2.05) is 20.8 Å². The van der Waals surface area contributed by atoms with Crippen LogP contribution in [0.25, 0.3) is 0 Å². The van der Waals surface area contributed by atoms with E-state index in [-0.39, 0.29) is 10.3 Å². The molecule has 1 aromatic rings. The van der Waals surface area contributed by atoms with Crippen molar-refractivity contribution in [1.82, 2.24) is 0 Å². The topological polar surface area (TPSA) is 71.4 Å². The van der Waals surface area contributed by atoms with E-state index >= 15 is 0 Å². The molecule has 0 atom stereocenters. The van der Waals surface area contributed by atoms with Crippen LogP contribution in [-0.4, -0.2) is 25.2 Å². The first-order chi connectivity index (χ1) is 8.04. The fourth-order valence-electron chi connectivity index (χ4n) is 1.71. The summed E-state index contributed by atoms with van der Waals surface area (Å²) < 4.78 is 23.7. The Hall–Kier alpha value is -1.36. The molecule has 0 unspecified atom stereocenters. The normalized spacial score (nSPS) is 12.4. The minimum absolute atomic E-state index is 0.0696. The molecule has 0 aliphatic heterocycles. The molecule has 0 aliphatic carbocycles. The molecule has 1 rings (SSSR count). The Kier molecular flexibility index (Phi) is 3.86. The average molecular weight is 270 g/mol. The first-order valence-corrected chi connectivity index (χ1v) is 7.25. The van der Waals surface area contributed by atoms with Crippen LogP contribution in [0.2, 0.25) is 0 Å². The van der Waals surface area contributed by atoms with Crippen LogP contribution in [0.3, 0.4) is 0 Å². The molecular formula is C13H18O4S. The summed E-state index contributed by atoms with van der Waals surface area (Å²) in [6.07, 6.45) is 0. The molecule has 0 amide bonds. The number of rotatable bonds is 3. The maximum absolute atomic E-state index is 11.8. The molecule has 1 N–H and O–H groups in total. The van der Waals surface area contributed by atoms with Crippen molar-refractivity contribution < 1.29 is 18.3 Å². The van der Waals surface area contributed by atoms with Crippen molar-refractivity contribution >= 4 is 15.8 Å². The number of hydrogen-bond acceptors (Lipinski definition) is 3. The van der Waals surface area contributed by atoms with Gasteiger partial charge in [-0.05, 0) is 29.5 Å². The minimum Gasteiger partial charge on any atom is -0.480 e. The zero-order chi connectivity index (χ0) is 14.1. The van der Waals surface area contributed by atoms with Gasteiger partial charge in [0.05, 0.1) is 4.90 Å². The van der Waals surface area contributed by atoms with Crippen LogP contribution < -0.4 is 0 Å². The van der Waals surface area contributed by atoms with Gasteiger partial charge in [-0.1, -0.05) is 32.9 Å². The van der Waals surface area contributed by atoms with E-state index in [9.17, 15) is 13.2 Å². The quantitative estimate of drug-likeness (QED) is 0.913. The summed E-state index contributed by atoms with van der Waals surface area (Å²) in [6.45, 7) is 7.79. The van der Waals surface area contributed by atoms with Crippen molar-refractivity contribution in [1.29, 1.82) is 0 Å². The molecule has 0 bridgehead atoms. The Labute approximate surface area is 108 Å². The SMILES string of the molecule is Cc1cc(C(C)(C)C)ccc1S(=O)(=O)CC(=O)O. The maximum atomic E-state index is 11.8. The van der Waals surface area contributed by atoms with Gasteiger partial charge in [0.1, 0.15) is 0 Å². The molecular weight excluding hydrogens is 252 g/mol. The highest BCUT2D eigenvalue weighted by Gasteiger charge is 2.22. The van der Waals surface area contributed by atoms with Gasteiger partial charge < -0.3 is 5.11 Å². The van der Waals surface area contributed by atoms with Gasteiger partial charge in [0.15, 0.2) is 15.6 Å². The lowest BCUT2D eigenvalue weighted by atomic mass is 9.86. The number of aliphatic carboxylic acids is 1. The Morgan fingerprint density at radius 2 is 1.83 bits per heavy atom. The number of carboxylic acid groups (broad SMARTS) is 1. The Morgan fingerprint density at radius 1 is 1.28 bits per heavy atom. The summed E-state index contributed by atoms with van der Waals surface area (Å²) in [4.78, 5) is 10.6. The fraction of sp³-hybridized carbons (Fsp3) is 0.462. The number of carbonyl (C=O) groups is 1. The van der Waals surface area contributed by atoms with Gasteiger partial charge in [-0.3, -0.25) is 4.79 Å². The van der Waals surface area contributed by atoms with Crippen LogP contribution in [0.1, 0.15) is 31.9 Å². The van der Waals surface area contributed by atoms with Crippen molar-refractivity contribution in [2.75, 3.05) is 5.75 Å². The summed E-state index contributed by atoms with van der Waals surface area (Å²) in [5.74, 6) is -2.21. The lowest BCUT2D eigenvalue weighted by Gasteiger charge is -2.20. The predicted molar refractivity (Wildman–Crippen MR) is 69.6 cm³/mol. The van der Waals surface area contributed by atoms with Crippen molar-refractivity contribution in [2.45, 2.75) is 38.0 Å². The largest absolute Gasteiger partial charge is 0.480 e. The highest BCUT2D eigenvalue weighted by atomic mass is 32.2. The second-order valence-electron chi connectivity index (χ2n) is 5.38. The third-order valence-corrected chi connectivity index (χ3v) is 4.44. The molecule has 100 valence electrons. The van der Waals surface area contributed by atoms with Crippen LogP contribution >= 0.6 is 0 Å². The zero-order valence-electron chi connectivity index (χ0n) is 11.0. The van der Waals surface area contributed by atoms with Crippen LogP contribution in [0.4, 0.5) is 0 Å². The molecule has 4 nitrogen and oxygen atoms in total. The highest BCUT2D eigenvalue weighted by molar-refractivity contribution is 7.92. The van der Waals surface area contributed by atoms with Gasteiger partial charge in [-0.15, -0.1) is 0 Å². The lowest BCUT2D eigenvalue weighted by molar-refractivity contribution is -0.134. The summed E-state index contributed by atoms with van der Waals surface area (Å²) >= 11 is 0. The molecule has 0 radical (unpaired) electrons. The molecule has 0 fully saturated rings. The molecule has 0 saturated heterocycles. The zero-order valence-corrected chi connectivity index (χ0v) is 11.8. The second kappa shape index (κ2) is 4.72. The molecule has 0 aromatic heterocycles. The molecule has 5 heteroatoms. The first kappa shape index (κ1) is 14.7. The Bertz CT molecular complexity index is 565. The summed E-state index contributed by atoms with van der Waals surface area (Å²) in [5, 5.41) is 8.61. The van der Waals surface area contributed by atoms with E-state index in [4.69, 9.17) is 5.11 Å². The minimum atomic E-state index is -3.75. The standard InChI is InChI=1S/C13H18O4S/c1-9-7-10(13(2,3)4)5-6-11(9)18(16,17)8-12(14)15/h5-7H,8H2,1-4H3,(H,14,15). The van der Waals surface area contributed by atoms with Gasteiger partial charge in [-0.25, -0.2) is 8.42 Å². The number of aryl methyl sites for hydroxylation is 1. The summed E-state index contributed by atoms with van der Waals surface area (Å²) in [7, 11) is -3.75. The average Bonchev–Trinajstić information content (AvgIpc) is 2.13. The van der Waals surface area contributed by atoms with E-state index in [2.05, 4.69) is 0 Å². The predicted octanol–water partition coefficient (Wildman–Crippen LogP) is 2.15. The molecule has 0 saturated carbocycles. The van der Waals surface area contributed by atoms with Crippen LogP contribution in [0.15, 0.2) is 23.1 Å². The molecule has 0 aliphatic rings. The van der Waals surface area contributed by atoms with Crippen molar-refractivity contribution in [3.8, 4) is 0 Å². The lowest BCUT2D eigenvalue weighted by Crippen LogP contribution is -2.17.